The highest BCUT2D eigenvalue weighted by molar-refractivity contribution is 5.80. The zero-order chi connectivity index (χ0) is 13.8. The fourth-order valence-corrected chi connectivity index (χ4v) is 3.06. The van der Waals surface area contributed by atoms with Gasteiger partial charge in [-0.15, -0.1) is 0 Å². The van der Waals surface area contributed by atoms with Gasteiger partial charge >= 0.3 is 0 Å². The summed E-state index contributed by atoms with van der Waals surface area (Å²) in [5.74, 6) is 1.12. The van der Waals surface area contributed by atoms with Crippen LogP contribution >= 0.6 is 0 Å². The lowest BCUT2D eigenvalue weighted by molar-refractivity contribution is 0.491. The zero-order valence-corrected chi connectivity index (χ0v) is 12.4. The van der Waals surface area contributed by atoms with Crippen LogP contribution in [-0.4, -0.2) is 37.0 Å². The molecule has 1 N–H and O–H groups in total. The molecule has 0 aromatic heterocycles. The van der Waals surface area contributed by atoms with Crippen molar-refractivity contribution >= 4 is 5.96 Å². The highest BCUT2D eigenvalue weighted by Gasteiger charge is 2.44. The number of rotatable bonds is 4. The van der Waals surface area contributed by atoms with Crippen molar-refractivity contribution in [2.75, 3.05) is 26.2 Å². The average Bonchev–Trinajstić information content (AvgIpc) is 3.09. The first-order chi connectivity index (χ1) is 9.84. The van der Waals surface area contributed by atoms with Crippen LogP contribution < -0.4 is 5.32 Å². The minimum absolute atomic E-state index is 0.321. The standard InChI is InChI=1S/C17H25N3/c1-2-18-16(20-12-6-7-13-20)19-14-17(10-11-17)15-8-4-3-5-9-15/h3-5,8-9H,2,6-7,10-14H2,1H3,(H,18,19). The Kier molecular flexibility index (Phi) is 3.95. The highest BCUT2D eigenvalue weighted by atomic mass is 15.3. The van der Waals surface area contributed by atoms with Crippen molar-refractivity contribution in [2.45, 2.75) is 38.0 Å². The molecule has 1 saturated carbocycles. The molecule has 1 aromatic carbocycles. The summed E-state index contributed by atoms with van der Waals surface area (Å²) in [7, 11) is 0. The molecule has 3 rings (SSSR count). The smallest absolute Gasteiger partial charge is 0.193 e. The number of aliphatic imine (C=N–C) groups is 1. The molecule has 1 aliphatic carbocycles. The number of benzene rings is 1. The minimum Gasteiger partial charge on any atom is -0.357 e. The van der Waals surface area contributed by atoms with Crippen LogP contribution in [0.3, 0.4) is 0 Å². The lowest BCUT2D eigenvalue weighted by atomic mass is 9.96. The third kappa shape index (κ3) is 2.82. The van der Waals surface area contributed by atoms with Crippen LogP contribution in [0.15, 0.2) is 35.3 Å². The van der Waals surface area contributed by atoms with Gasteiger partial charge in [-0.25, -0.2) is 0 Å². The van der Waals surface area contributed by atoms with E-state index in [4.69, 9.17) is 4.99 Å². The average molecular weight is 271 g/mol. The maximum absolute atomic E-state index is 4.94. The molecule has 2 aliphatic rings. The number of guanidine groups is 1. The van der Waals surface area contributed by atoms with Crippen molar-refractivity contribution in [2.24, 2.45) is 4.99 Å². The van der Waals surface area contributed by atoms with E-state index in [0.717, 1.165) is 32.1 Å². The van der Waals surface area contributed by atoms with Crippen LogP contribution in [0.4, 0.5) is 0 Å². The Bertz CT molecular complexity index is 456. The van der Waals surface area contributed by atoms with E-state index in [1.807, 2.05) is 0 Å². The van der Waals surface area contributed by atoms with Crippen LogP contribution in [0.25, 0.3) is 0 Å². The Morgan fingerprint density at radius 3 is 2.50 bits per heavy atom. The highest BCUT2D eigenvalue weighted by Crippen LogP contribution is 2.48. The topological polar surface area (TPSA) is 27.6 Å². The number of hydrogen-bond donors (Lipinski definition) is 1. The van der Waals surface area contributed by atoms with Crippen molar-refractivity contribution in [3.05, 3.63) is 35.9 Å². The van der Waals surface area contributed by atoms with E-state index in [-0.39, 0.29) is 0 Å². The van der Waals surface area contributed by atoms with Gasteiger partial charge in [0, 0.05) is 25.0 Å². The summed E-state index contributed by atoms with van der Waals surface area (Å²) in [4.78, 5) is 7.34. The van der Waals surface area contributed by atoms with E-state index in [2.05, 4.69) is 47.5 Å². The van der Waals surface area contributed by atoms with Crippen LogP contribution in [0.1, 0.15) is 38.2 Å². The molecule has 1 aromatic rings. The Balaban J connectivity index is 1.71. The molecule has 1 saturated heterocycles. The monoisotopic (exact) mass is 271 g/mol. The van der Waals surface area contributed by atoms with Crippen molar-refractivity contribution < 1.29 is 0 Å². The van der Waals surface area contributed by atoms with E-state index in [0.29, 0.717) is 5.41 Å². The van der Waals surface area contributed by atoms with Gasteiger partial charge in [0.2, 0.25) is 0 Å². The van der Waals surface area contributed by atoms with E-state index >= 15 is 0 Å². The number of nitrogens with zero attached hydrogens (tertiary/aromatic N) is 2. The fourth-order valence-electron chi connectivity index (χ4n) is 3.06. The Morgan fingerprint density at radius 2 is 1.90 bits per heavy atom. The van der Waals surface area contributed by atoms with Crippen molar-refractivity contribution in [3.63, 3.8) is 0 Å². The maximum atomic E-state index is 4.94. The molecule has 0 bridgehead atoms. The second-order valence-electron chi connectivity index (χ2n) is 6.01. The molecular formula is C17H25N3. The van der Waals surface area contributed by atoms with E-state index < -0.39 is 0 Å². The third-order valence-corrected chi connectivity index (χ3v) is 4.51. The second kappa shape index (κ2) is 5.86. The summed E-state index contributed by atoms with van der Waals surface area (Å²) >= 11 is 0. The molecule has 0 radical (unpaired) electrons. The van der Waals surface area contributed by atoms with Crippen LogP contribution in [0.5, 0.6) is 0 Å². The van der Waals surface area contributed by atoms with E-state index in [9.17, 15) is 0 Å². The molecule has 0 spiro atoms. The Morgan fingerprint density at radius 1 is 1.20 bits per heavy atom. The van der Waals surface area contributed by atoms with Gasteiger partial charge in [-0.3, -0.25) is 4.99 Å². The number of hydrogen-bond acceptors (Lipinski definition) is 1. The number of nitrogens with one attached hydrogen (secondary N) is 1. The summed E-state index contributed by atoms with van der Waals surface area (Å²) in [5.41, 5.74) is 1.78. The predicted octanol–water partition coefficient (Wildman–Crippen LogP) is 2.78. The van der Waals surface area contributed by atoms with Crippen molar-refractivity contribution in [1.29, 1.82) is 0 Å². The van der Waals surface area contributed by atoms with Gasteiger partial charge in [-0.1, -0.05) is 30.3 Å². The molecule has 2 fully saturated rings. The molecule has 3 nitrogen and oxygen atoms in total. The molecule has 3 heteroatoms. The van der Waals surface area contributed by atoms with Gasteiger partial charge in [0.15, 0.2) is 5.96 Å². The molecule has 0 amide bonds. The van der Waals surface area contributed by atoms with Crippen molar-refractivity contribution in [1.82, 2.24) is 10.2 Å². The maximum Gasteiger partial charge on any atom is 0.193 e. The van der Waals surface area contributed by atoms with E-state index in [1.54, 1.807) is 0 Å². The first-order valence-corrected chi connectivity index (χ1v) is 7.93. The molecular weight excluding hydrogens is 246 g/mol. The largest absolute Gasteiger partial charge is 0.357 e. The molecule has 0 atom stereocenters. The third-order valence-electron chi connectivity index (χ3n) is 4.51. The van der Waals surface area contributed by atoms with Crippen LogP contribution in [0, 0.1) is 0 Å². The Labute approximate surface area is 122 Å². The van der Waals surface area contributed by atoms with Gasteiger partial charge in [0.1, 0.15) is 0 Å². The van der Waals surface area contributed by atoms with Gasteiger partial charge in [-0.05, 0) is 38.2 Å². The lowest BCUT2D eigenvalue weighted by Crippen LogP contribution is -2.40. The molecule has 20 heavy (non-hydrogen) atoms. The molecule has 1 aliphatic heterocycles. The molecule has 0 unspecified atom stereocenters. The van der Waals surface area contributed by atoms with Gasteiger partial charge < -0.3 is 10.2 Å². The zero-order valence-electron chi connectivity index (χ0n) is 12.4. The lowest BCUT2D eigenvalue weighted by Gasteiger charge is -2.22. The normalized spacial score (nSPS) is 21.1. The van der Waals surface area contributed by atoms with Gasteiger partial charge in [0.05, 0.1) is 6.54 Å². The van der Waals surface area contributed by atoms with Crippen LogP contribution in [0.2, 0.25) is 0 Å². The first kappa shape index (κ1) is 13.5. The molecule has 1 heterocycles. The summed E-state index contributed by atoms with van der Waals surface area (Å²) in [6.45, 7) is 6.34. The van der Waals surface area contributed by atoms with Crippen molar-refractivity contribution in [3.8, 4) is 0 Å². The quantitative estimate of drug-likeness (QED) is 0.673. The van der Waals surface area contributed by atoms with E-state index in [1.165, 1.54) is 31.2 Å². The summed E-state index contributed by atoms with van der Waals surface area (Å²) < 4.78 is 0. The van der Waals surface area contributed by atoms with Gasteiger partial charge in [0.25, 0.3) is 0 Å². The second-order valence-corrected chi connectivity index (χ2v) is 6.01. The summed E-state index contributed by atoms with van der Waals surface area (Å²) in [6, 6.07) is 10.9. The molecule has 108 valence electrons. The number of likely N-dealkylation sites (tertiary alicyclic amines) is 1. The predicted molar refractivity (Wildman–Crippen MR) is 84.1 cm³/mol. The fraction of sp³-hybridized carbons (Fsp3) is 0.588. The minimum atomic E-state index is 0.321. The summed E-state index contributed by atoms with van der Waals surface area (Å²) in [5, 5.41) is 3.45. The SMILES string of the molecule is CCNC(=NCC1(c2ccccc2)CC1)N1CCCC1. The van der Waals surface area contributed by atoms with Gasteiger partial charge in [-0.2, -0.15) is 0 Å². The first-order valence-electron chi connectivity index (χ1n) is 7.93. The Hall–Kier alpha value is -1.51. The van der Waals surface area contributed by atoms with Crippen LogP contribution in [-0.2, 0) is 5.41 Å². The summed E-state index contributed by atoms with van der Waals surface area (Å²) in [6.07, 6.45) is 5.16.